The third kappa shape index (κ3) is 4.09. The second-order valence-corrected chi connectivity index (χ2v) is 10.6. The molecule has 3 aliphatic carbocycles. The van der Waals surface area contributed by atoms with Gasteiger partial charge >= 0.3 is 11.8 Å². The van der Waals surface area contributed by atoms with E-state index in [2.05, 4.69) is 10.6 Å². The van der Waals surface area contributed by atoms with Crippen LogP contribution in [0.25, 0.3) is 0 Å². The molecule has 4 rings (SSSR count). The number of ketones is 1. The van der Waals surface area contributed by atoms with E-state index in [-0.39, 0.29) is 36.2 Å². The number of Topliss-reactive ketones (excluding diaryl/α,β-unsaturated/α-hetero) is 1. The Morgan fingerprint density at radius 1 is 1.13 bits per heavy atom. The molecule has 0 aromatic heterocycles. The molecule has 0 spiro atoms. The summed E-state index contributed by atoms with van der Waals surface area (Å²) in [5.41, 5.74) is 3.44. The van der Waals surface area contributed by atoms with E-state index in [1.165, 1.54) is 6.07 Å². The van der Waals surface area contributed by atoms with Crippen LogP contribution in [0.2, 0.25) is 0 Å². The Bertz CT molecular complexity index is 1310. The van der Waals surface area contributed by atoms with Crippen molar-refractivity contribution >= 4 is 29.2 Å². The highest BCUT2D eigenvalue weighted by molar-refractivity contribution is 6.39. The quantitative estimate of drug-likeness (QED) is 0.159. The van der Waals surface area contributed by atoms with E-state index in [4.69, 9.17) is 5.73 Å². The van der Waals surface area contributed by atoms with E-state index >= 15 is 0 Å². The van der Waals surface area contributed by atoms with Crippen molar-refractivity contribution in [2.45, 2.75) is 50.8 Å². The average Bonchev–Trinajstić information content (AvgIpc) is 2.82. The predicted octanol–water partition coefficient (Wildman–Crippen LogP) is -0.0565. The first-order valence-electron chi connectivity index (χ1n) is 12.2. The van der Waals surface area contributed by atoms with Crippen molar-refractivity contribution in [3.05, 3.63) is 45.9 Å². The average molecular weight is 529 g/mol. The Balaban J connectivity index is 1.75. The standard InChI is InChI=1S/C26H32N4O8/c1-10(2)28-24(36)25(37)29-16-6-5-11-7-12-8-15-18(30(3)4)20(32)17(23(27)35)22(34)26(15,38)21(33)14(12)9-13(11)19(16)31/h5-6,10,12,15,18,31-33,38H,7-9H2,1-4H3,(H2,27,35)(H,28,36)(H,29,37)/t12?,15?,18-,26?/m0/s1. The van der Waals surface area contributed by atoms with Crippen molar-refractivity contribution in [2.24, 2.45) is 17.6 Å². The summed E-state index contributed by atoms with van der Waals surface area (Å²) in [6.07, 6.45) is 0.461. The van der Waals surface area contributed by atoms with E-state index in [0.29, 0.717) is 17.6 Å². The van der Waals surface area contributed by atoms with Crippen LogP contribution < -0.4 is 16.4 Å². The molecule has 12 heteroatoms. The highest BCUT2D eigenvalue weighted by atomic mass is 16.3. The van der Waals surface area contributed by atoms with Crippen LogP contribution in [0.1, 0.15) is 31.4 Å². The number of aliphatic hydroxyl groups is 3. The number of primary amides is 1. The molecule has 0 radical (unpaired) electrons. The van der Waals surface area contributed by atoms with Gasteiger partial charge in [0.05, 0.1) is 11.7 Å². The van der Waals surface area contributed by atoms with Gasteiger partial charge in [-0.05, 0) is 63.9 Å². The van der Waals surface area contributed by atoms with E-state index < -0.39 is 58.2 Å². The number of nitrogens with one attached hydrogen (secondary N) is 2. The van der Waals surface area contributed by atoms with Gasteiger partial charge in [-0.2, -0.15) is 0 Å². The number of phenols is 1. The minimum atomic E-state index is -2.51. The number of fused-ring (bicyclic) bond motifs is 3. The summed E-state index contributed by atoms with van der Waals surface area (Å²) in [5, 5.41) is 49.5. The summed E-state index contributed by atoms with van der Waals surface area (Å²) in [5.74, 6) is -7.05. The van der Waals surface area contributed by atoms with Crippen LogP contribution in [-0.2, 0) is 32.0 Å². The first kappa shape index (κ1) is 27.1. The van der Waals surface area contributed by atoms with Crippen molar-refractivity contribution in [1.82, 2.24) is 10.2 Å². The van der Waals surface area contributed by atoms with Gasteiger partial charge < -0.3 is 36.8 Å². The first-order chi connectivity index (χ1) is 17.7. The number of anilines is 1. The lowest BCUT2D eigenvalue weighted by molar-refractivity contribution is -0.148. The number of phenolic OH excluding ortho intramolecular Hbond substituents is 1. The van der Waals surface area contributed by atoms with E-state index in [1.807, 2.05) is 0 Å². The number of nitrogens with two attached hydrogens (primary N) is 1. The Labute approximate surface area is 218 Å². The Hall–Kier alpha value is -3.90. The highest BCUT2D eigenvalue weighted by Crippen LogP contribution is 2.52. The lowest BCUT2D eigenvalue weighted by atomic mass is 9.59. The van der Waals surface area contributed by atoms with Gasteiger partial charge in [-0.1, -0.05) is 6.07 Å². The normalized spacial score (nSPS) is 26.6. The van der Waals surface area contributed by atoms with Crippen molar-refractivity contribution in [3.8, 4) is 5.75 Å². The fraction of sp³-hybridized carbons (Fsp3) is 0.462. The maximum atomic E-state index is 13.3. The molecule has 4 atom stereocenters. The van der Waals surface area contributed by atoms with Crippen LogP contribution in [0, 0.1) is 11.8 Å². The van der Waals surface area contributed by atoms with Gasteiger partial charge in [0.1, 0.15) is 22.8 Å². The second-order valence-electron chi connectivity index (χ2n) is 10.6. The smallest absolute Gasteiger partial charge is 0.313 e. The largest absolute Gasteiger partial charge is 0.510 e. The molecule has 0 bridgehead atoms. The zero-order chi connectivity index (χ0) is 28.3. The Morgan fingerprint density at radius 3 is 2.37 bits per heavy atom. The van der Waals surface area contributed by atoms with E-state index in [9.17, 15) is 39.6 Å². The molecule has 8 N–H and O–H groups in total. The maximum absolute atomic E-state index is 13.3. The summed E-state index contributed by atoms with van der Waals surface area (Å²) in [6.45, 7) is 3.39. The molecule has 0 saturated carbocycles. The molecule has 1 aromatic carbocycles. The number of likely N-dealkylation sites (N-methyl/N-ethyl adjacent to an activating group) is 1. The van der Waals surface area contributed by atoms with Crippen LogP contribution in [0.5, 0.6) is 5.75 Å². The number of amides is 3. The molecule has 3 unspecified atom stereocenters. The molecule has 0 aliphatic heterocycles. The maximum Gasteiger partial charge on any atom is 0.313 e. The fourth-order valence-electron chi connectivity index (χ4n) is 5.92. The molecule has 1 aromatic rings. The van der Waals surface area contributed by atoms with Gasteiger partial charge in [-0.3, -0.25) is 24.1 Å². The zero-order valence-corrected chi connectivity index (χ0v) is 21.5. The number of carbonyl (C=O) groups excluding carboxylic acids is 4. The summed E-state index contributed by atoms with van der Waals surface area (Å²) in [7, 11) is 3.22. The fourth-order valence-corrected chi connectivity index (χ4v) is 5.92. The van der Waals surface area contributed by atoms with Crippen molar-refractivity contribution in [3.63, 3.8) is 0 Å². The van der Waals surface area contributed by atoms with Crippen molar-refractivity contribution in [2.75, 3.05) is 19.4 Å². The van der Waals surface area contributed by atoms with Gasteiger partial charge in [0.2, 0.25) is 5.78 Å². The number of aliphatic hydroxyl groups excluding tert-OH is 2. The van der Waals surface area contributed by atoms with E-state index in [0.717, 1.165) is 5.56 Å². The molecule has 3 aliphatic rings. The SMILES string of the molecule is CC(C)NC(=O)C(=O)Nc1ccc2c(c1O)CC1=C(O)C3(O)C(=O)C(C(N)=O)=C(O)[C@@H](N(C)C)C3CC1C2. The number of benzene rings is 1. The predicted molar refractivity (Wildman–Crippen MR) is 135 cm³/mol. The van der Waals surface area contributed by atoms with Crippen LogP contribution in [-0.4, -0.2) is 80.6 Å². The third-order valence-electron chi connectivity index (χ3n) is 7.61. The summed E-state index contributed by atoms with van der Waals surface area (Å²) < 4.78 is 0. The van der Waals surface area contributed by atoms with Gasteiger partial charge in [0.15, 0.2) is 5.60 Å². The lowest BCUT2D eigenvalue weighted by Gasteiger charge is -2.50. The summed E-state index contributed by atoms with van der Waals surface area (Å²) in [6, 6.07) is 1.94. The molecule has 38 heavy (non-hydrogen) atoms. The second kappa shape index (κ2) is 9.44. The number of rotatable bonds is 4. The first-order valence-corrected chi connectivity index (χ1v) is 12.2. The minimum Gasteiger partial charge on any atom is -0.510 e. The van der Waals surface area contributed by atoms with Crippen LogP contribution in [0.4, 0.5) is 5.69 Å². The molecule has 0 saturated heterocycles. The monoisotopic (exact) mass is 528 g/mol. The number of hydrogen-bond acceptors (Lipinski definition) is 9. The molecule has 204 valence electrons. The summed E-state index contributed by atoms with van der Waals surface area (Å²) >= 11 is 0. The number of carbonyl (C=O) groups is 4. The van der Waals surface area contributed by atoms with Gasteiger partial charge in [-0.25, -0.2) is 0 Å². The lowest BCUT2D eigenvalue weighted by Crippen LogP contribution is -2.63. The number of nitrogens with zero attached hydrogens (tertiary/aromatic N) is 1. The van der Waals surface area contributed by atoms with Gasteiger partial charge in [-0.15, -0.1) is 0 Å². The topological polar surface area (TPSA) is 203 Å². The zero-order valence-electron chi connectivity index (χ0n) is 21.5. The molecular formula is C26H32N4O8. The van der Waals surface area contributed by atoms with Crippen LogP contribution in [0.15, 0.2) is 34.8 Å². The van der Waals surface area contributed by atoms with Crippen LogP contribution >= 0.6 is 0 Å². The molecule has 3 amide bonds. The van der Waals surface area contributed by atoms with Gasteiger partial charge in [0.25, 0.3) is 5.91 Å². The van der Waals surface area contributed by atoms with E-state index in [1.54, 1.807) is 38.9 Å². The molecular weight excluding hydrogens is 496 g/mol. The van der Waals surface area contributed by atoms with Crippen molar-refractivity contribution < 1.29 is 39.6 Å². The third-order valence-corrected chi connectivity index (χ3v) is 7.61. The van der Waals surface area contributed by atoms with Gasteiger partial charge in [0, 0.05) is 23.9 Å². The summed E-state index contributed by atoms with van der Waals surface area (Å²) in [4.78, 5) is 51.2. The number of allylic oxidation sites excluding steroid dienone is 1. The Kier molecular flexibility index (Phi) is 6.74. The highest BCUT2D eigenvalue weighted by Gasteiger charge is 2.62. The molecule has 0 fully saturated rings. The number of aromatic hydroxyl groups is 1. The van der Waals surface area contributed by atoms with Crippen molar-refractivity contribution in [1.29, 1.82) is 0 Å². The molecule has 0 heterocycles. The van der Waals surface area contributed by atoms with Crippen LogP contribution in [0.3, 0.4) is 0 Å². The number of hydrogen-bond donors (Lipinski definition) is 7. The minimum absolute atomic E-state index is 0.0103. The molecule has 12 nitrogen and oxygen atoms in total. The Morgan fingerprint density at radius 2 is 1.79 bits per heavy atom.